The topological polar surface area (TPSA) is 133 Å². The van der Waals surface area contributed by atoms with Crippen molar-refractivity contribution in [2.45, 2.75) is 11.0 Å². The van der Waals surface area contributed by atoms with Crippen LogP contribution in [0.2, 0.25) is 0 Å². The average molecular weight is 434 g/mol. The van der Waals surface area contributed by atoms with Gasteiger partial charge in [0.1, 0.15) is 0 Å². The number of hydrogen-bond donors (Lipinski definition) is 0. The number of non-ortho nitro benzene ring substituents is 1. The average Bonchev–Trinajstić information content (AvgIpc) is 2.78. The Morgan fingerprint density at radius 2 is 1.63 bits per heavy atom. The van der Waals surface area contributed by atoms with Crippen LogP contribution in [0.3, 0.4) is 0 Å². The first-order chi connectivity index (χ1) is 14.3. The minimum atomic E-state index is -4.56. The van der Waals surface area contributed by atoms with Crippen LogP contribution in [0.15, 0.2) is 59.5 Å². The van der Waals surface area contributed by atoms with Crippen molar-refractivity contribution in [1.82, 2.24) is 4.90 Å². The quantitative estimate of drug-likeness (QED) is 0.210. The molecule has 1 saturated heterocycles. The summed E-state index contributed by atoms with van der Waals surface area (Å²) in [6.45, 7) is 0.900. The van der Waals surface area contributed by atoms with Crippen LogP contribution in [0, 0.1) is 10.1 Å². The number of amides is 1. The molecule has 1 aliphatic heterocycles. The van der Waals surface area contributed by atoms with Gasteiger partial charge in [-0.3, -0.25) is 19.7 Å². The monoisotopic (exact) mass is 434 g/mol. The van der Waals surface area contributed by atoms with Gasteiger partial charge in [0.15, 0.2) is 0 Å². The van der Waals surface area contributed by atoms with Gasteiger partial charge in [-0.25, -0.2) is 4.18 Å². The number of benzene rings is 2. The second-order valence-electron chi connectivity index (χ2n) is 6.35. The van der Waals surface area contributed by atoms with E-state index in [4.69, 9.17) is 8.92 Å². The fraction of sp³-hybridized carbons (Fsp3) is 0.263. The highest BCUT2D eigenvalue weighted by molar-refractivity contribution is 7.86. The number of ether oxygens (including phenoxy) is 1. The number of rotatable bonds is 7. The van der Waals surface area contributed by atoms with Gasteiger partial charge in [0, 0.05) is 30.8 Å². The second-order valence-corrected chi connectivity index (χ2v) is 7.92. The van der Waals surface area contributed by atoms with Crippen molar-refractivity contribution < 1.29 is 31.9 Å². The summed E-state index contributed by atoms with van der Waals surface area (Å²) < 4.78 is 35.7. The van der Waals surface area contributed by atoms with E-state index in [1.54, 1.807) is 18.2 Å². The molecule has 0 N–H and O–H groups in total. The zero-order valence-electron chi connectivity index (χ0n) is 15.7. The van der Waals surface area contributed by atoms with Gasteiger partial charge in [-0.1, -0.05) is 30.3 Å². The van der Waals surface area contributed by atoms with E-state index in [1.165, 1.54) is 17.0 Å². The molecule has 0 aliphatic carbocycles. The van der Waals surface area contributed by atoms with Crippen molar-refractivity contribution in [3.05, 3.63) is 70.3 Å². The SMILES string of the molecule is O=C(c1ccccc1)C(OS(=O)(=O)c1ccc([N+](=O)[O-])cc1)C(=O)N1CCOCC1. The molecule has 2 aromatic carbocycles. The van der Waals surface area contributed by atoms with Gasteiger partial charge in [0.25, 0.3) is 21.7 Å². The van der Waals surface area contributed by atoms with Crippen LogP contribution in [0.5, 0.6) is 0 Å². The van der Waals surface area contributed by atoms with Crippen LogP contribution in [0.1, 0.15) is 10.4 Å². The first-order valence-electron chi connectivity index (χ1n) is 8.93. The third-order valence-corrected chi connectivity index (χ3v) is 5.70. The van der Waals surface area contributed by atoms with Gasteiger partial charge in [0.2, 0.25) is 11.9 Å². The van der Waals surface area contributed by atoms with Gasteiger partial charge >= 0.3 is 0 Å². The molecule has 1 heterocycles. The zero-order chi connectivity index (χ0) is 21.7. The van der Waals surface area contributed by atoms with E-state index in [9.17, 15) is 28.1 Å². The minimum Gasteiger partial charge on any atom is -0.378 e. The van der Waals surface area contributed by atoms with Crippen LogP contribution in [0.25, 0.3) is 0 Å². The number of hydrogen-bond acceptors (Lipinski definition) is 8. The first-order valence-corrected chi connectivity index (χ1v) is 10.3. The highest BCUT2D eigenvalue weighted by atomic mass is 32.2. The van der Waals surface area contributed by atoms with E-state index in [0.717, 1.165) is 24.3 Å². The largest absolute Gasteiger partial charge is 0.378 e. The summed E-state index contributed by atoms with van der Waals surface area (Å²) in [5, 5.41) is 10.8. The molecule has 2 aromatic rings. The molecule has 1 fully saturated rings. The Bertz CT molecular complexity index is 1030. The summed E-state index contributed by atoms with van der Waals surface area (Å²) in [5.41, 5.74) is -0.196. The molecule has 3 rings (SSSR count). The van der Waals surface area contributed by atoms with Crippen molar-refractivity contribution in [3.63, 3.8) is 0 Å². The van der Waals surface area contributed by atoms with E-state index in [1.807, 2.05) is 0 Å². The maximum atomic E-state index is 12.9. The number of ketones is 1. The maximum absolute atomic E-state index is 12.9. The number of Topliss-reactive ketones (excluding diaryl/α,β-unsaturated/α-hetero) is 1. The van der Waals surface area contributed by atoms with Crippen molar-refractivity contribution in [2.24, 2.45) is 0 Å². The van der Waals surface area contributed by atoms with Crippen LogP contribution in [0.4, 0.5) is 5.69 Å². The highest BCUT2D eigenvalue weighted by Gasteiger charge is 2.37. The molecule has 11 heteroatoms. The molecule has 10 nitrogen and oxygen atoms in total. The van der Waals surface area contributed by atoms with E-state index in [-0.39, 0.29) is 37.6 Å². The predicted molar refractivity (Wildman–Crippen MR) is 103 cm³/mol. The lowest BCUT2D eigenvalue weighted by molar-refractivity contribution is -0.384. The normalized spacial score (nSPS) is 15.4. The molecule has 1 amide bonds. The van der Waals surface area contributed by atoms with Gasteiger partial charge in [-0.05, 0) is 12.1 Å². The molecule has 158 valence electrons. The number of morpholine rings is 1. The van der Waals surface area contributed by atoms with E-state index in [2.05, 4.69) is 0 Å². The standard InChI is InChI=1S/C19H18N2O8S/c22-17(14-4-2-1-3-5-14)18(19(23)20-10-12-28-13-11-20)29-30(26,27)16-8-6-15(7-9-16)21(24)25/h1-9,18H,10-13H2. The fourth-order valence-electron chi connectivity index (χ4n) is 2.82. The van der Waals surface area contributed by atoms with Crippen molar-refractivity contribution in [2.75, 3.05) is 26.3 Å². The lowest BCUT2D eigenvalue weighted by Gasteiger charge is -2.29. The summed E-state index contributed by atoms with van der Waals surface area (Å²) in [6.07, 6.45) is -1.93. The Morgan fingerprint density at radius 1 is 1.03 bits per heavy atom. The number of nitro benzene ring substituents is 1. The van der Waals surface area contributed by atoms with Gasteiger partial charge in [-0.2, -0.15) is 8.42 Å². The minimum absolute atomic E-state index is 0.114. The number of nitro groups is 1. The lowest BCUT2D eigenvalue weighted by Crippen LogP contribution is -2.49. The summed E-state index contributed by atoms with van der Waals surface area (Å²) in [6, 6.07) is 11.7. The summed E-state index contributed by atoms with van der Waals surface area (Å²) >= 11 is 0. The van der Waals surface area contributed by atoms with E-state index >= 15 is 0 Å². The molecular formula is C19H18N2O8S. The summed E-state index contributed by atoms with van der Waals surface area (Å²) in [7, 11) is -4.56. The Labute approximate surface area is 172 Å². The molecule has 0 spiro atoms. The highest BCUT2D eigenvalue weighted by Crippen LogP contribution is 2.21. The number of carbonyl (C=O) groups is 2. The second kappa shape index (κ2) is 9.11. The molecule has 0 aromatic heterocycles. The third kappa shape index (κ3) is 4.87. The van der Waals surface area contributed by atoms with Crippen molar-refractivity contribution in [3.8, 4) is 0 Å². The number of carbonyl (C=O) groups excluding carboxylic acids is 2. The molecular weight excluding hydrogens is 416 g/mol. The Morgan fingerprint density at radius 3 is 2.20 bits per heavy atom. The van der Waals surface area contributed by atoms with Crippen molar-refractivity contribution in [1.29, 1.82) is 0 Å². The van der Waals surface area contributed by atoms with Gasteiger partial charge < -0.3 is 9.64 Å². The van der Waals surface area contributed by atoms with E-state index in [0.29, 0.717) is 0 Å². The molecule has 0 radical (unpaired) electrons. The van der Waals surface area contributed by atoms with E-state index < -0.39 is 37.7 Å². The first kappa shape index (κ1) is 21.6. The zero-order valence-corrected chi connectivity index (χ0v) is 16.5. The summed E-state index contributed by atoms with van der Waals surface area (Å²) in [4.78, 5) is 36.8. The maximum Gasteiger partial charge on any atom is 0.298 e. The third-order valence-electron chi connectivity index (χ3n) is 4.40. The molecule has 30 heavy (non-hydrogen) atoms. The lowest BCUT2D eigenvalue weighted by atomic mass is 10.1. The van der Waals surface area contributed by atoms with Crippen LogP contribution in [-0.2, 0) is 23.8 Å². The van der Waals surface area contributed by atoms with Crippen LogP contribution >= 0.6 is 0 Å². The number of nitrogens with zero attached hydrogens (tertiary/aromatic N) is 2. The van der Waals surface area contributed by atoms with Gasteiger partial charge in [0.05, 0.1) is 23.0 Å². The Kier molecular flexibility index (Phi) is 6.55. The molecule has 0 bridgehead atoms. The van der Waals surface area contributed by atoms with Crippen LogP contribution < -0.4 is 0 Å². The fourth-order valence-corrected chi connectivity index (χ4v) is 3.82. The molecule has 1 unspecified atom stereocenters. The summed E-state index contributed by atoms with van der Waals surface area (Å²) in [5.74, 6) is -1.60. The van der Waals surface area contributed by atoms with Crippen LogP contribution in [-0.4, -0.2) is 62.3 Å². The predicted octanol–water partition coefficient (Wildman–Crippen LogP) is 1.41. The van der Waals surface area contributed by atoms with Crippen molar-refractivity contribution >= 4 is 27.5 Å². The molecule has 1 aliphatic rings. The Balaban J connectivity index is 1.91. The molecule has 0 saturated carbocycles. The Hall–Kier alpha value is -3.15. The van der Waals surface area contributed by atoms with Gasteiger partial charge in [-0.15, -0.1) is 0 Å². The smallest absolute Gasteiger partial charge is 0.298 e. The molecule has 1 atom stereocenters.